The van der Waals surface area contributed by atoms with Crippen molar-refractivity contribution in [1.82, 2.24) is 15.1 Å². The van der Waals surface area contributed by atoms with Gasteiger partial charge in [0.15, 0.2) is 0 Å². The first-order valence-electron chi connectivity index (χ1n) is 5.48. The number of hydrogen-bond acceptors (Lipinski definition) is 2. The zero-order valence-corrected chi connectivity index (χ0v) is 9.97. The Kier molecular flexibility index (Phi) is 3.23. The summed E-state index contributed by atoms with van der Waals surface area (Å²) < 4.78 is 1.61. The maximum absolute atomic E-state index is 11.8. The van der Waals surface area contributed by atoms with Gasteiger partial charge in [-0.2, -0.15) is 5.10 Å². The summed E-state index contributed by atoms with van der Waals surface area (Å²) in [7, 11) is 1.79. The van der Waals surface area contributed by atoms with Crippen molar-refractivity contribution in [2.24, 2.45) is 7.05 Å². The van der Waals surface area contributed by atoms with Crippen molar-refractivity contribution in [2.75, 3.05) is 0 Å². The second-order valence-electron chi connectivity index (χ2n) is 4.01. The van der Waals surface area contributed by atoms with Crippen molar-refractivity contribution < 1.29 is 4.79 Å². The number of aryl methyl sites for hydroxylation is 2. The lowest BCUT2D eigenvalue weighted by Crippen LogP contribution is -2.22. The molecule has 1 aromatic heterocycles. The Balaban J connectivity index is 1.99. The van der Waals surface area contributed by atoms with Crippen LogP contribution in [0.5, 0.6) is 0 Å². The molecule has 1 N–H and O–H groups in total. The van der Waals surface area contributed by atoms with Gasteiger partial charge in [0.1, 0.15) is 0 Å². The standard InChI is InChI=1S/C13H15N3O/c1-10-5-3-4-6-11(10)7-14-13(17)12-8-15-16(2)9-12/h3-6,8-9H,7H2,1-2H3,(H,14,17). The summed E-state index contributed by atoms with van der Waals surface area (Å²) in [6, 6.07) is 8.00. The Morgan fingerprint density at radius 3 is 2.82 bits per heavy atom. The topological polar surface area (TPSA) is 46.9 Å². The number of amides is 1. The largest absolute Gasteiger partial charge is 0.348 e. The van der Waals surface area contributed by atoms with Crippen LogP contribution in [0.2, 0.25) is 0 Å². The molecule has 2 rings (SSSR count). The van der Waals surface area contributed by atoms with Gasteiger partial charge >= 0.3 is 0 Å². The first kappa shape index (κ1) is 11.4. The van der Waals surface area contributed by atoms with E-state index in [0.29, 0.717) is 12.1 Å². The molecule has 0 fully saturated rings. The number of carbonyl (C=O) groups is 1. The molecular formula is C13H15N3O. The van der Waals surface area contributed by atoms with E-state index in [1.807, 2.05) is 31.2 Å². The highest BCUT2D eigenvalue weighted by molar-refractivity contribution is 5.93. The van der Waals surface area contributed by atoms with Crippen LogP contribution < -0.4 is 5.32 Å². The molecule has 2 aromatic rings. The molecule has 0 aliphatic carbocycles. The van der Waals surface area contributed by atoms with Crippen LogP contribution in [0.4, 0.5) is 0 Å². The highest BCUT2D eigenvalue weighted by Gasteiger charge is 2.07. The molecule has 0 aliphatic heterocycles. The third-order valence-corrected chi connectivity index (χ3v) is 2.67. The van der Waals surface area contributed by atoms with Gasteiger partial charge in [0, 0.05) is 19.8 Å². The van der Waals surface area contributed by atoms with Crippen LogP contribution in [-0.2, 0) is 13.6 Å². The lowest BCUT2D eigenvalue weighted by molar-refractivity contribution is 0.0951. The molecule has 0 bridgehead atoms. The van der Waals surface area contributed by atoms with E-state index in [9.17, 15) is 4.79 Å². The quantitative estimate of drug-likeness (QED) is 0.870. The van der Waals surface area contributed by atoms with Gasteiger partial charge in [-0.25, -0.2) is 0 Å². The van der Waals surface area contributed by atoms with Crippen molar-refractivity contribution >= 4 is 5.91 Å². The molecule has 17 heavy (non-hydrogen) atoms. The van der Waals surface area contributed by atoms with Gasteiger partial charge in [0.25, 0.3) is 5.91 Å². The Morgan fingerprint density at radius 1 is 1.41 bits per heavy atom. The van der Waals surface area contributed by atoms with E-state index in [4.69, 9.17) is 0 Å². The minimum absolute atomic E-state index is 0.0960. The van der Waals surface area contributed by atoms with Crippen LogP contribution in [0.3, 0.4) is 0 Å². The number of rotatable bonds is 3. The van der Waals surface area contributed by atoms with Crippen LogP contribution in [0.15, 0.2) is 36.7 Å². The van der Waals surface area contributed by atoms with Crippen molar-refractivity contribution in [1.29, 1.82) is 0 Å². The maximum Gasteiger partial charge on any atom is 0.254 e. The third kappa shape index (κ3) is 2.72. The fourth-order valence-electron chi connectivity index (χ4n) is 1.62. The lowest BCUT2D eigenvalue weighted by Gasteiger charge is -2.06. The van der Waals surface area contributed by atoms with E-state index >= 15 is 0 Å². The van der Waals surface area contributed by atoms with E-state index in [1.54, 1.807) is 24.1 Å². The number of nitrogens with zero attached hydrogens (tertiary/aromatic N) is 2. The summed E-state index contributed by atoms with van der Waals surface area (Å²) in [6.45, 7) is 2.58. The zero-order valence-electron chi connectivity index (χ0n) is 9.97. The molecule has 1 heterocycles. The van der Waals surface area contributed by atoms with Crippen molar-refractivity contribution in [3.63, 3.8) is 0 Å². The summed E-state index contributed by atoms with van der Waals surface area (Å²) >= 11 is 0. The second-order valence-corrected chi connectivity index (χ2v) is 4.01. The molecule has 1 amide bonds. The molecule has 0 saturated carbocycles. The average Bonchev–Trinajstić information content (AvgIpc) is 2.74. The SMILES string of the molecule is Cc1ccccc1CNC(=O)c1cnn(C)c1. The van der Waals surface area contributed by atoms with Gasteiger partial charge in [-0.3, -0.25) is 9.48 Å². The number of hydrogen-bond donors (Lipinski definition) is 1. The van der Waals surface area contributed by atoms with Gasteiger partial charge in [0.2, 0.25) is 0 Å². The van der Waals surface area contributed by atoms with E-state index in [0.717, 1.165) is 5.56 Å². The van der Waals surface area contributed by atoms with Crippen molar-refractivity contribution in [3.05, 3.63) is 53.3 Å². The van der Waals surface area contributed by atoms with Crippen molar-refractivity contribution in [3.8, 4) is 0 Å². The molecule has 0 radical (unpaired) electrons. The molecule has 1 aromatic carbocycles. The van der Waals surface area contributed by atoms with Crippen LogP contribution in [0.25, 0.3) is 0 Å². The molecule has 0 aliphatic rings. The minimum Gasteiger partial charge on any atom is -0.348 e. The number of aromatic nitrogens is 2. The Bertz CT molecular complexity index is 531. The predicted octanol–water partition coefficient (Wildman–Crippen LogP) is 1.66. The average molecular weight is 229 g/mol. The molecule has 88 valence electrons. The summed E-state index contributed by atoms with van der Waals surface area (Å²) in [5.41, 5.74) is 2.89. The van der Waals surface area contributed by atoms with E-state index < -0.39 is 0 Å². The first-order chi connectivity index (χ1) is 8.16. The van der Waals surface area contributed by atoms with Gasteiger partial charge < -0.3 is 5.32 Å². The highest BCUT2D eigenvalue weighted by Crippen LogP contribution is 2.06. The van der Waals surface area contributed by atoms with Gasteiger partial charge in [-0.05, 0) is 18.1 Å². The summed E-state index contributed by atoms with van der Waals surface area (Å²) in [5.74, 6) is -0.0960. The van der Waals surface area contributed by atoms with Gasteiger partial charge in [-0.1, -0.05) is 24.3 Å². The monoisotopic (exact) mass is 229 g/mol. The Labute approximate surface area is 100 Å². The lowest BCUT2D eigenvalue weighted by atomic mass is 10.1. The number of nitrogens with one attached hydrogen (secondary N) is 1. The van der Waals surface area contributed by atoms with Gasteiger partial charge in [-0.15, -0.1) is 0 Å². The molecule has 0 unspecified atom stereocenters. The van der Waals surface area contributed by atoms with Crippen molar-refractivity contribution in [2.45, 2.75) is 13.5 Å². The molecular weight excluding hydrogens is 214 g/mol. The van der Waals surface area contributed by atoms with Crippen LogP contribution >= 0.6 is 0 Å². The van der Waals surface area contributed by atoms with E-state index in [2.05, 4.69) is 10.4 Å². The fourth-order valence-corrected chi connectivity index (χ4v) is 1.62. The smallest absolute Gasteiger partial charge is 0.254 e. The molecule has 0 saturated heterocycles. The molecule has 0 spiro atoms. The first-order valence-corrected chi connectivity index (χ1v) is 5.48. The Morgan fingerprint density at radius 2 is 2.18 bits per heavy atom. The summed E-state index contributed by atoms with van der Waals surface area (Å²) in [6.07, 6.45) is 3.26. The second kappa shape index (κ2) is 4.82. The molecule has 4 nitrogen and oxygen atoms in total. The zero-order chi connectivity index (χ0) is 12.3. The molecule has 4 heteroatoms. The van der Waals surface area contributed by atoms with Crippen LogP contribution in [0.1, 0.15) is 21.5 Å². The summed E-state index contributed by atoms with van der Waals surface area (Å²) in [5, 5.41) is 6.84. The predicted molar refractivity (Wildman–Crippen MR) is 65.6 cm³/mol. The Hall–Kier alpha value is -2.10. The molecule has 0 atom stereocenters. The van der Waals surface area contributed by atoms with E-state index in [1.165, 1.54) is 5.56 Å². The van der Waals surface area contributed by atoms with Crippen LogP contribution in [0, 0.1) is 6.92 Å². The van der Waals surface area contributed by atoms with E-state index in [-0.39, 0.29) is 5.91 Å². The maximum atomic E-state index is 11.8. The van der Waals surface area contributed by atoms with Crippen LogP contribution in [-0.4, -0.2) is 15.7 Å². The van der Waals surface area contributed by atoms with Gasteiger partial charge in [0.05, 0.1) is 11.8 Å². The minimum atomic E-state index is -0.0960. The third-order valence-electron chi connectivity index (χ3n) is 2.67. The fraction of sp³-hybridized carbons (Fsp3) is 0.231. The highest BCUT2D eigenvalue weighted by atomic mass is 16.1. The normalized spacial score (nSPS) is 10.2. The summed E-state index contributed by atoms with van der Waals surface area (Å²) in [4.78, 5) is 11.8. The number of carbonyl (C=O) groups excluding carboxylic acids is 1. The number of benzene rings is 1.